The molecule has 0 aliphatic carbocycles. The second-order valence-corrected chi connectivity index (χ2v) is 8.65. The predicted octanol–water partition coefficient (Wildman–Crippen LogP) is 4.86. The number of carbonyl (C=O) groups is 1. The van der Waals surface area contributed by atoms with Gasteiger partial charge in [-0.25, -0.2) is 9.97 Å². The minimum Gasteiger partial charge on any atom is -0.367 e. The van der Waals surface area contributed by atoms with Crippen LogP contribution in [0.15, 0.2) is 48.5 Å². The van der Waals surface area contributed by atoms with Gasteiger partial charge in [0.2, 0.25) is 5.95 Å². The van der Waals surface area contributed by atoms with Crippen LogP contribution in [-0.2, 0) is 6.18 Å². The van der Waals surface area contributed by atoms with Crippen molar-refractivity contribution in [3.63, 3.8) is 0 Å². The monoisotopic (exact) mass is 484 g/mol. The number of rotatable bonds is 5. The molecule has 1 aromatic heterocycles. The molecule has 0 bridgehead atoms. The molecule has 3 aromatic rings. The lowest BCUT2D eigenvalue weighted by atomic mass is 10.1. The first-order valence-corrected chi connectivity index (χ1v) is 11.2. The average molecular weight is 485 g/mol. The highest BCUT2D eigenvalue weighted by molar-refractivity contribution is 6.06. The molecule has 1 amide bonds. The van der Waals surface area contributed by atoms with E-state index in [0.717, 1.165) is 36.6 Å². The third kappa shape index (κ3) is 6.07. The lowest BCUT2D eigenvalue weighted by molar-refractivity contribution is -0.137. The summed E-state index contributed by atoms with van der Waals surface area (Å²) in [5.41, 5.74) is 2.37. The number of alkyl halides is 3. The SMILES string of the molecule is Cc1cc(C)nc(Nc2cccc(C(=O)Nc3cc(C(F)(F)F)ccc3N3CCN(C)CC3)c2)n1. The zero-order chi connectivity index (χ0) is 25.2. The lowest BCUT2D eigenvalue weighted by Gasteiger charge is -2.35. The number of likely N-dealkylation sites (N-methyl/N-ethyl adjacent to an activating group) is 1. The Hall–Kier alpha value is -3.66. The molecular weight excluding hydrogens is 457 g/mol. The lowest BCUT2D eigenvalue weighted by Crippen LogP contribution is -2.44. The Kier molecular flexibility index (Phi) is 6.93. The number of anilines is 4. The van der Waals surface area contributed by atoms with Crippen molar-refractivity contribution in [2.24, 2.45) is 0 Å². The summed E-state index contributed by atoms with van der Waals surface area (Å²) in [5, 5.41) is 5.78. The predicted molar refractivity (Wildman–Crippen MR) is 130 cm³/mol. The van der Waals surface area contributed by atoms with Gasteiger partial charge in [-0.2, -0.15) is 13.2 Å². The van der Waals surface area contributed by atoms with Gasteiger partial charge >= 0.3 is 6.18 Å². The van der Waals surface area contributed by atoms with Crippen LogP contribution in [0.25, 0.3) is 0 Å². The molecule has 0 atom stereocenters. The van der Waals surface area contributed by atoms with Gasteiger partial charge < -0.3 is 20.4 Å². The number of aromatic nitrogens is 2. The van der Waals surface area contributed by atoms with Gasteiger partial charge in [0, 0.05) is 48.8 Å². The number of halogens is 3. The number of aryl methyl sites for hydroxylation is 2. The summed E-state index contributed by atoms with van der Waals surface area (Å²) in [6, 6.07) is 12.0. The standard InChI is InChI=1S/C25H27F3N6O/c1-16-13-17(2)30-24(29-16)31-20-6-4-5-18(14-20)23(35)32-21-15-19(25(26,27)28)7-8-22(21)34-11-9-33(3)10-12-34/h4-8,13-15H,9-12H2,1-3H3,(H,32,35)(H,29,30,31). The molecule has 7 nitrogen and oxygen atoms in total. The van der Waals surface area contributed by atoms with Crippen LogP contribution in [0.3, 0.4) is 0 Å². The zero-order valence-electron chi connectivity index (χ0n) is 19.8. The second-order valence-electron chi connectivity index (χ2n) is 8.65. The fraction of sp³-hybridized carbons (Fsp3) is 0.320. The van der Waals surface area contributed by atoms with Gasteiger partial charge in [-0.3, -0.25) is 4.79 Å². The van der Waals surface area contributed by atoms with E-state index >= 15 is 0 Å². The van der Waals surface area contributed by atoms with E-state index in [-0.39, 0.29) is 5.69 Å². The van der Waals surface area contributed by atoms with E-state index in [2.05, 4.69) is 25.5 Å². The fourth-order valence-electron chi connectivity index (χ4n) is 3.98. The van der Waals surface area contributed by atoms with E-state index in [1.54, 1.807) is 24.3 Å². The largest absolute Gasteiger partial charge is 0.416 e. The minimum atomic E-state index is -4.52. The molecule has 0 spiro atoms. The first kappa shape index (κ1) is 24.5. The highest BCUT2D eigenvalue weighted by Gasteiger charge is 2.32. The number of nitrogens with one attached hydrogen (secondary N) is 2. The second kappa shape index (κ2) is 9.91. The highest BCUT2D eigenvalue weighted by atomic mass is 19.4. The topological polar surface area (TPSA) is 73.4 Å². The molecule has 2 N–H and O–H groups in total. The van der Waals surface area contributed by atoms with Crippen molar-refractivity contribution < 1.29 is 18.0 Å². The average Bonchev–Trinajstić information content (AvgIpc) is 2.78. The molecule has 10 heteroatoms. The Morgan fingerprint density at radius 1 is 0.943 bits per heavy atom. The van der Waals surface area contributed by atoms with Crippen molar-refractivity contribution >= 4 is 28.9 Å². The maximum absolute atomic E-state index is 13.4. The summed E-state index contributed by atoms with van der Waals surface area (Å²) < 4.78 is 40.3. The zero-order valence-corrected chi connectivity index (χ0v) is 19.8. The molecule has 35 heavy (non-hydrogen) atoms. The number of nitrogens with zero attached hydrogens (tertiary/aromatic N) is 4. The summed E-state index contributed by atoms with van der Waals surface area (Å²) in [6.07, 6.45) is -4.52. The van der Waals surface area contributed by atoms with Gasteiger partial charge in [-0.1, -0.05) is 6.07 Å². The van der Waals surface area contributed by atoms with E-state index < -0.39 is 17.6 Å². The molecular formula is C25H27F3N6O. The van der Waals surface area contributed by atoms with Crippen LogP contribution in [0, 0.1) is 13.8 Å². The van der Waals surface area contributed by atoms with Gasteiger partial charge in [-0.15, -0.1) is 0 Å². The molecule has 1 aliphatic heterocycles. The van der Waals surface area contributed by atoms with Gasteiger partial charge in [-0.05, 0) is 63.4 Å². The first-order chi connectivity index (χ1) is 16.6. The molecule has 2 heterocycles. The van der Waals surface area contributed by atoms with Crippen LogP contribution in [-0.4, -0.2) is 54.0 Å². The Balaban J connectivity index is 1.59. The summed E-state index contributed by atoms with van der Waals surface area (Å²) in [7, 11) is 2.00. The molecule has 1 saturated heterocycles. The molecule has 0 saturated carbocycles. The fourth-order valence-corrected chi connectivity index (χ4v) is 3.98. The highest BCUT2D eigenvalue weighted by Crippen LogP contribution is 2.36. The van der Waals surface area contributed by atoms with E-state index in [1.807, 2.05) is 31.9 Å². The third-order valence-corrected chi connectivity index (χ3v) is 5.78. The van der Waals surface area contributed by atoms with Gasteiger partial charge in [0.05, 0.1) is 16.9 Å². The Morgan fingerprint density at radius 2 is 1.63 bits per heavy atom. The maximum Gasteiger partial charge on any atom is 0.416 e. The molecule has 0 radical (unpaired) electrons. The van der Waals surface area contributed by atoms with Crippen molar-refractivity contribution in [3.8, 4) is 0 Å². The van der Waals surface area contributed by atoms with Crippen molar-refractivity contribution in [1.82, 2.24) is 14.9 Å². The van der Waals surface area contributed by atoms with E-state index in [4.69, 9.17) is 0 Å². The van der Waals surface area contributed by atoms with Crippen LogP contribution in [0.4, 0.5) is 36.2 Å². The first-order valence-electron chi connectivity index (χ1n) is 11.2. The molecule has 4 rings (SSSR count). The summed E-state index contributed by atoms with van der Waals surface area (Å²) in [6.45, 7) is 6.58. The normalized spacial score (nSPS) is 14.6. The summed E-state index contributed by atoms with van der Waals surface area (Å²) in [5.74, 6) is -0.111. The molecule has 1 fully saturated rings. The number of carbonyl (C=O) groups excluding carboxylic acids is 1. The summed E-state index contributed by atoms with van der Waals surface area (Å²) >= 11 is 0. The van der Waals surface area contributed by atoms with Crippen molar-refractivity contribution in [3.05, 3.63) is 71.0 Å². The Bertz CT molecular complexity index is 1200. The third-order valence-electron chi connectivity index (χ3n) is 5.78. The summed E-state index contributed by atoms with van der Waals surface area (Å²) in [4.78, 5) is 25.9. The van der Waals surface area contributed by atoms with E-state index in [0.29, 0.717) is 36.0 Å². The van der Waals surface area contributed by atoms with Crippen molar-refractivity contribution in [2.75, 3.05) is 48.8 Å². The van der Waals surface area contributed by atoms with Gasteiger partial charge in [0.1, 0.15) is 0 Å². The van der Waals surface area contributed by atoms with E-state index in [9.17, 15) is 18.0 Å². The Morgan fingerprint density at radius 3 is 2.29 bits per heavy atom. The maximum atomic E-state index is 13.4. The van der Waals surface area contributed by atoms with Crippen LogP contribution in [0.1, 0.15) is 27.3 Å². The number of hydrogen-bond donors (Lipinski definition) is 2. The number of amides is 1. The van der Waals surface area contributed by atoms with Gasteiger partial charge in [0.15, 0.2) is 0 Å². The Labute approximate surface area is 202 Å². The number of piperazine rings is 1. The van der Waals surface area contributed by atoms with Crippen LogP contribution >= 0.6 is 0 Å². The molecule has 2 aromatic carbocycles. The molecule has 0 unspecified atom stereocenters. The smallest absolute Gasteiger partial charge is 0.367 e. The molecule has 184 valence electrons. The molecule has 1 aliphatic rings. The number of benzene rings is 2. The van der Waals surface area contributed by atoms with E-state index in [1.165, 1.54) is 6.07 Å². The quantitative estimate of drug-likeness (QED) is 0.539. The van der Waals surface area contributed by atoms with Crippen LogP contribution < -0.4 is 15.5 Å². The minimum absolute atomic E-state index is 0.130. The number of hydrogen-bond acceptors (Lipinski definition) is 6. The van der Waals surface area contributed by atoms with Crippen molar-refractivity contribution in [2.45, 2.75) is 20.0 Å². The van der Waals surface area contributed by atoms with Crippen molar-refractivity contribution in [1.29, 1.82) is 0 Å². The van der Waals surface area contributed by atoms with Gasteiger partial charge in [0.25, 0.3) is 5.91 Å². The van der Waals surface area contributed by atoms with Crippen LogP contribution in [0.2, 0.25) is 0 Å². The van der Waals surface area contributed by atoms with Crippen LogP contribution in [0.5, 0.6) is 0 Å².